The molecular weight excluding hydrogens is 216 g/mol. The number of rotatable bonds is 2. The summed E-state index contributed by atoms with van der Waals surface area (Å²) < 4.78 is 1.81. The van der Waals surface area contributed by atoms with E-state index in [1.54, 1.807) is 0 Å². The van der Waals surface area contributed by atoms with Gasteiger partial charge in [0.1, 0.15) is 11.5 Å². The Kier molecular flexibility index (Phi) is 3.09. The standard InChI is InChI=1S/C12H20N4O/c1-5-8-11-12(16(4)15-8)13-9(7(2)3)6-10(17)14-11/h7,9,13H,5-6H2,1-4H3,(H,14,17). The number of anilines is 2. The molecule has 5 nitrogen and oxygen atoms in total. The van der Waals surface area contributed by atoms with Gasteiger partial charge in [0.25, 0.3) is 0 Å². The van der Waals surface area contributed by atoms with Gasteiger partial charge >= 0.3 is 0 Å². The molecule has 1 aromatic heterocycles. The van der Waals surface area contributed by atoms with Crippen molar-refractivity contribution in [3.63, 3.8) is 0 Å². The van der Waals surface area contributed by atoms with Crippen LogP contribution in [0.25, 0.3) is 0 Å². The Morgan fingerprint density at radius 1 is 1.53 bits per heavy atom. The highest BCUT2D eigenvalue weighted by molar-refractivity contribution is 5.96. The lowest BCUT2D eigenvalue weighted by molar-refractivity contribution is -0.116. The van der Waals surface area contributed by atoms with Crippen LogP contribution in [-0.2, 0) is 18.3 Å². The van der Waals surface area contributed by atoms with Gasteiger partial charge in [-0.3, -0.25) is 9.48 Å². The summed E-state index contributed by atoms with van der Waals surface area (Å²) in [6.07, 6.45) is 1.33. The zero-order chi connectivity index (χ0) is 12.6. The van der Waals surface area contributed by atoms with E-state index in [0.29, 0.717) is 12.3 Å². The molecule has 0 saturated heterocycles. The van der Waals surface area contributed by atoms with E-state index in [1.165, 1.54) is 0 Å². The minimum Gasteiger partial charge on any atom is -0.365 e. The number of carbonyl (C=O) groups is 1. The van der Waals surface area contributed by atoms with Crippen molar-refractivity contribution in [2.24, 2.45) is 13.0 Å². The smallest absolute Gasteiger partial charge is 0.226 e. The van der Waals surface area contributed by atoms with Crippen LogP contribution in [0, 0.1) is 5.92 Å². The molecule has 1 aliphatic heterocycles. The molecule has 94 valence electrons. The summed E-state index contributed by atoms with van der Waals surface area (Å²) in [7, 11) is 1.90. The zero-order valence-corrected chi connectivity index (χ0v) is 10.9. The van der Waals surface area contributed by atoms with Crippen LogP contribution in [0.15, 0.2) is 0 Å². The summed E-state index contributed by atoms with van der Waals surface area (Å²) in [5, 5.41) is 10.8. The molecule has 0 saturated carbocycles. The molecule has 1 unspecified atom stereocenters. The van der Waals surface area contributed by atoms with E-state index in [1.807, 2.05) is 18.7 Å². The molecule has 2 heterocycles. The molecule has 5 heteroatoms. The summed E-state index contributed by atoms with van der Waals surface area (Å²) >= 11 is 0. The highest BCUT2D eigenvalue weighted by Gasteiger charge is 2.27. The van der Waals surface area contributed by atoms with Crippen molar-refractivity contribution >= 4 is 17.4 Å². The van der Waals surface area contributed by atoms with Gasteiger partial charge in [-0.1, -0.05) is 20.8 Å². The van der Waals surface area contributed by atoms with Crippen molar-refractivity contribution in [2.45, 2.75) is 39.7 Å². The molecule has 0 aliphatic carbocycles. The topological polar surface area (TPSA) is 59.0 Å². The largest absolute Gasteiger partial charge is 0.365 e. The summed E-state index contributed by atoms with van der Waals surface area (Å²) in [6.45, 7) is 6.28. The lowest BCUT2D eigenvalue weighted by Crippen LogP contribution is -2.28. The maximum atomic E-state index is 11.8. The van der Waals surface area contributed by atoms with Crippen molar-refractivity contribution in [3.05, 3.63) is 5.69 Å². The van der Waals surface area contributed by atoms with E-state index in [4.69, 9.17) is 0 Å². The number of hydrogen-bond acceptors (Lipinski definition) is 3. The number of aromatic nitrogens is 2. The average molecular weight is 236 g/mol. The predicted molar refractivity (Wildman–Crippen MR) is 68.1 cm³/mol. The van der Waals surface area contributed by atoms with Crippen LogP contribution in [-0.4, -0.2) is 21.7 Å². The van der Waals surface area contributed by atoms with Crippen LogP contribution in [0.3, 0.4) is 0 Å². The molecule has 2 rings (SSSR count). The van der Waals surface area contributed by atoms with E-state index < -0.39 is 0 Å². The van der Waals surface area contributed by atoms with Gasteiger partial charge in [0.05, 0.1) is 5.69 Å². The van der Waals surface area contributed by atoms with Crippen molar-refractivity contribution < 1.29 is 4.79 Å². The van der Waals surface area contributed by atoms with Crippen LogP contribution < -0.4 is 10.6 Å². The Morgan fingerprint density at radius 2 is 2.24 bits per heavy atom. The normalized spacial score (nSPS) is 19.6. The number of fused-ring (bicyclic) bond motifs is 1. The third kappa shape index (κ3) is 2.14. The fourth-order valence-electron chi connectivity index (χ4n) is 2.14. The molecule has 0 fully saturated rings. The van der Waals surface area contributed by atoms with Crippen LogP contribution in [0.4, 0.5) is 11.5 Å². The van der Waals surface area contributed by atoms with Crippen molar-refractivity contribution in [3.8, 4) is 0 Å². The summed E-state index contributed by atoms with van der Waals surface area (Å²) in [5.74, 6) is 1.40. The second-order valence-corrected chi connectivity index (χ2v) is 4.89. The predicted octanol–water partition coefficient (Wildman–Crippen LogP) is 1.76. The first-order valence-electron chi connectivity index (χ1n) is 6.15. The van der Waals surface area contributed by atoms with Gasteiger partial charge in [-0.25, -0.2) is 0 Å². The van der Waals surface area contributed by atoms with E-state index in [2.05, 4.69) is 29.6 Å². The van der Waals surface area contributed by atoms with Gasteiger partial charge in [-0.15, -0.1) is 0 Å². The van der Waals surface area contributed by atoms with Crippen molar-refractivity contribution in [1.29, 1.82) is 0 Å². The Morgan fingerprint density at radius 3 is 2.82 bits per heavy atom. The van der Waals surface area contributed by atoms with Gasteiger partial charge in [0.15, 0.2) is 0 Å². The lowest BCUT2D eigenvalue weighted by Gasteiger charge is -2.20. The number of aryl methyl sites for hydroxylation is 2. The molecule has 0 spiro atoms. The molecule has 1 aromatic rings. The van der Waals surface area contributed by atoms with Gasteiger partial charge in [0.2, 0.25) is 5.91 Å². The lowest BCUT2D eigenvalue weighted by atomic mass is 10.0. The monoisotopic (exact) mass is 236 g/mol. The molecule has 1 amide bonds. The van der Waals surface area contributed by atoms with Gasteiger partial charge < -0.3 is 10.6 Å². The second-order valence-electron chi connectivity index (χ2n) is 4.89. The fraction of sp³-hybridized carbons (Fsp3) is 0.667. The minimum atomic E-state index is 0.0673. The Hall–Kier alpha value is -1.52. The van der Waals surface area contributed by atoms with Crippen LogP contribution in [0.2, 0.25) is 0 Å². The maximum absolute atomic E-state index is 11.8. The van der Waals surface area contributed by atoms with Gasteiger partial charge in [-0.05, 0) is 12.3 Å². The van der Waals surface area contributed by atoms with E-state index in [9.17, 15) is 4.79 Å². The molecule has 2 N–H and O–H groups in total. The molecule has 1 aliphatic rings. The van der Waals surface area contributed by atoms with Crippen molar-refractivity contribution in [2.75, 3.05) is 10.6 Å². The number of carbonyl (C=O) groups excluding carboxylic acids is 1. The molecule has 17 heavy (non-hydrogen) atoms. The Balaban J connectivity index is 2.42. The summed E-state index contributed by atoms with van der Waals surface area (Å²) in [6, 6.07) is 0.163. The van der Waals surface area contributed by atoms with E-state index in [-0.39, 0.29) is 11.9 Å². The molecular formula is C12H20N4O. The van der Waals surface area contributed by atoms with Crippen LogP contribution in [0.1, 0.15) is 32.9 Å². The summed E-state index contributed by atoms with van der Waals surface area (Å²) in [4.78, 5) is 11.8. The van der Waals surface area contributed by atoms with Crippen molar-refractivity contribution in [1.82, 2.24) is 9.78 Å². The first-order chi connectivity index (χ1) is 8.02. The Bertz CT molecular complexity index is 436. The third-order valence-corrected chi connectivity index (χ3v) is 3.25. The SMILES string of the molecule is CCc1nn(C)c2c1NC(=O)CC(C(C)C)N2. The van der Waals surface area contributed by atoms with E-state index in [0.717, 1.165) is 23.6 Å². The maximum Gasteiger partial charge on any atom is 0.226 e. The van der Waals surface area contributed by atoms with E-state index >= 15 is 0 Å². The van der Waals surface area contributed by atoms with Crippen LogP contribution in [0.5, 0.6) is 0 Å². The zero-order valence-electron chi connectivity index (χ0n) is 10.9. The first-order valence-corrected chi connectivity index (χ1v) is 6.15. The average Bonchev–Trinajstić information content (AvgIpc) is 2.47. The molecule has 0 aromatic carbocycles. The van der Waals surface area contributed by atoms with Gasteiger partial charge in [0, 0.05) is 19.5 Å². The number of hydrogen-bond donors (Lipinski definition) is 2. The quantitative estimate of drug-likeness (QED) is 0.822. The number of nitrogens with one attached hydrogen (secondary N) is 2. The fourth-order valence-corrected chi connectivity index (χ4v) is 2.14. The molecule has 1 atom stereocenters. The van der Waals surface area contributed by atoms with Gasteiger partial charge in [-0.2, -0.15) is 5.10 Å². The highest BCUT2D eigenvalue weighted by atomic mass is 16.1. The Labute approximate surface area is 102 Å². The molecule has 0 bridgehead atoms. The summed E-state index contributed by atoms with van der Waals surface area (Å²) in [5.41, 5.74) is 1.79. The van der Waals surface area contributed by atoms with Crippen LogP contribution >= 0.6 is 0 Å². The third-order valence-electron chi connectivity index (χ3n) is 3.25. The first kappa shape index (κ1) is 12.0. The molecule has 0 radical (unpaired) electrons. The second kappa shape index (κ2) is 4.39. The minimum absolute atomic E-state index is 0.0673. The number of amides is 1. The highest BCUT2D eigenvalue weighted by Crippen LogP contribution is 2.31. The number of nitrogens with zero attached hydrogens (tertiary/aromatic N) is 2.